The molecule has 0 fully saturated rings. The molecule has 0 atom stereocenters. The maximum Gasteiger partial charge on any atom is 0.0945 e. The first-order valence-corrected chi connectivity index (χ1v) is 6.14. The van der Waals surface area contributed by atoms with Crippen LogP contribution >= 0.6 is 11.6 Å². The maximum atomic E-state index is 6.07. The van der Waals surface area contributed by atoms with Crippen LogP contribution in [0.5, 0.6) is 0 Å². The van der Waals surface area contributed by atoms with Crippen molar-refractivity contribution < 1.29 is 12.4 Å². The number of imidazole rings is 1. The van der Waals surface area contributed by atoms with E-state index in [9.17, 15) is 0 Å². The molecule has 0 amide bonds. The van der Waals surface area contributed by atoms with Crippen molar-refractivity contribution in [1.82, 2.24) is 14.9 Å². The average Bonchev–Trinajstić information content (AvgIpc) is 2.84. The number of hydrogen-bond acceptors (Lipinski definition) is 2. The number of nitrogens with zero attached hydrogens (tertiary/aromatic N) is 2. The molecule has 98 valence electrons. The lowest BCUT2D eigenvalue weighted by molar-refractivity contribution is -0.00000348. The minimum absolute atomic E-state index is 0. The Morgan fingerprint density at radius 2 is 2.11 bits per heavy atom. The molecule has 0 saturated carbocycles. The van der Waals surface area contributed by atoms with E-state index in [2.05, 4.69) is 14.9 Å². The molecule has 0 aliphatic heterocycles. The third-order valence-corrected chi connectivity index (χ3v) is 2.97. The van der Waals surface area contributed by atoms with Gasteiger partial charge in [0.05, 0.1) is 6.33 Å². The quantitative estimate of drug-likeness (QED) is 0.740. The molecular weight excluding hydrogens is 269 g/mol. The van der Waals surface area contributed by atoms with E-state index in [0.29, 0.717) is 0 Å². The van der Waals surface area contributed by atoms with Crippen molar-refractivity contribution in [3.63, 3.8) is 0 Å². The fraction of sp³-hybridized carbons (Fsp3) is 0.308. The highest BCUT2D eigenvalue weighted by atomic mass is 35.5. The first-order chi connectivity index (χ1) is 8.36. The zero-order valence-electron chi connectivity index (χ0n) is 10.0. The van der Waals surface area contributed by atoms with Gasteiger partial charge in [-0.05, 0) is 24.6 Å². The number of hydrogen-bond donors (Lipinski definition) is 1. The van der Waals surface area contributed by atoms with Crippen LogP contribution in [-0.4, -0.2) is 16.1 Å². The van der Waals surface area contributed by atoms with Crippen molar-refractivity contribution in [2.24, 2.45) is 0 Å². The Labute approximate surface area is 119 Å². The number of rotatable bonds is 6. The number of benzene rings is 1. The molecule has 1 aromatic carbocycles. The molecule has 2 aromatic rings. The summed E-state index contributed by atoms with van der Waals surface area (Å²) in [6.07, 6.45) is 6.71. The van der Waals surface area contributed by atoms with Gasteiger partial charge in [-0.2, -0.15) is 0 Å². The number of aromatic nitrogens is 2. The molecule has 0 aliphatic rings. The van der Waals surface area contributed by atoms with Crippen LogP contribution < -0.4 is 17.7 Å². The van der Waals surface area contributed by atoms with Gasteiger partial charge >= 0.3 is 0 Å². The van der Waals surface area contributed by atoms with Gasteiger partial charge in [0.25, 0.3) is 0 Å². The lowest BCUT2D eigenvalue weighted by Crippen LogP contribution is -3.00. The maximum absolute atomic E-state index is 6.07. The van der Waals surface area contributed by atoms with E-state index in [1.807, 2.05) is 36.8 Å². The van der Waals surface area contributed by atoms with Crippen LogP contribution in [0.15, 0.2) is 43.0 Å². The Morgan fingerprint density at radius 3 is 2.83 bits per heavy atom. The zero-order chi connectivity index (χ0) is 11.9. The second kappa shape index (κ2) is 8.14. The van der Waals surface area contributed by atoms with Gasteiger partial charge in [0.15, 0.2) is 0 Å². The minimum Gasteiger partial charge on any atom is -1.00 e. The predicted octanol–water partition coefficient (Wildman–Crippen LogP) is -0.280. The molecule has 1 N–H and O–H groups in total. The number of nitrogens with one attached hydrogen (secondary N) is 1. The summed E-state index contributed by atoms with van der Waals surface area (Å²) >= 11 is 6.07. The van der Waals surface area contributed by atoms with Crippen molar-refractivity contribution in [3.05, 3.63) is 53.6 Å². The summed E-state index contributed by atoms with van der Waals surface area (Å²) in [5.74, 6) is 0. The molecule has 0 spiro atoms. The van der Waals surface area contributed by atoms with E-state index in [-0.39, 0.29) is 12.4 Å². The molecule has 18 heavy (non-hydrogen) atoms. The molecule has 1 aromatic heterocycles. The normalized spacial score (nSPS) is 10.1. The first kappa shape index (κ1) is 15.0. The number of aryl methyl sites for hydroxylation is 1. The van der Waals surface area contributed by atoms with Crippen LogP contribution in [0.2, 0.25) is 5.02 Å². The van der Waals surface area contributed by atoms with Crippen molar-refractivity contribution in [1.29, 1.82) is 0 Å². The summed E-state index contributed by atoms with van der Waals surface area (Å²) in [5, 5.41) is 4.22. The third-order valence-electron chi connectivity index (χ3n) is 2.60. The van der Waals surface area contributed by atoms with Gasteiger partial charge in [0, 0.05) is 30.5 Å². The molecule has 0 unspecified atom stereocenters. The van der Waals surface area contributed by atoms with Crippen molar-refractivity contribution in [2.45, 2.75) is 19.5 Å². The molecule has 0 saturated heterocycles. The van der Waals surface area contributed by atoms with Crippen LogP contribution in [0.1, 0.15) is 12.0 Å². The first-order valence-electron chi connectivity index (χ1n) is 5.76. The molecule has 0 aliphatic carbocycles. The van der Waals surface area contributed by atoms with Crippen LogP contribution in [-0.2, 0) is 13.1 Å². The average molecular weight is 285 g/mol. The topological polar surface area (TPSA) is 29.9 Å². The van der Waals surface area contributed by atoms with Gasteiger partial charge in [-0.25, -0.2) is 4.98 Å². The van der Waals surface area contributed by atoms with Gasteiger partial charge in [0.1, 0.15) is 0 Å². The fourth-order valence-electron chi connectivity index (χ4n) is 1.67. The molecule has 0 bridgehead atoms. The van der Waals surface area contributed by atoms with Gasteiger partial charge in [-0.1, -0.05) is 29.8 Å². The van der Waals surface area contributed by atoms with Gasteiger partial charge in [0.2, 0.25) is 0 Å². The van der Waals surface area contributed by atoms with Crippen LogP contribution in [0, 0.1) is 0 Å². The van der Waals surface area contributed by atoms with Crippen molar-refractivity contribution >= 4 is 11.6 Å². The van der Waals surface area contributed by atoms with E-state index in [0.717, 1.165) is 36.6 Å². The molecule has 1 heterocycles. The Kier molecular flexibility index (Phi) is 6.80. The second-order valence-electron chi connectivity index (χ2n) is 3.92. The van der Waals surface area contributed by atoms with Gasteiger partial charge < -0.3 is 22.3 Å². The van der Waals surface area contributed by atoms with Gasteiger partial charge in [-0.15, -0.1) is 0 Å². The van der Waals surface area contributed by atoms with Crippen LogP contribution in [0.4, 0.5) is 0 Å². The summed E-state index contributed by atoms with van der Waals surface area (Å²) in [6.45, 7) is 2.79. The summed E-state index contributed by atoms with van der Waals surface area (Å²) < 4.78 is 2.08. The minimum atomic E-state index is 0. The highest BCUT2D eigenvalue weighted by Crippen LogP contribution is 2.14. The fourth-order valence-corrected chi connectivity index (χ4v) is 1.87. The highest BCUT2D eigenvalue weighted by molar-refractivity contribution is 6.31. The Hall–Kier alpha value is -1.03. The Bertz CT molecular complexity index is 443. The second-order valence-corrected chi connectivity index (χ2v) is 4.33. The van der Waals surface area contributed by atoms with E-state index in [1.54, 1.807) is 6.20 Å². The van der Waals surface area contributed by atoms with Crippen molar-refractivity contribution in [3.8, 4) is 0 Å². The van der Waals surface area contributed by atoms with Crippen LogP contribution in [0.25, 0.3) is 0 Å². The lowest BCUT2D eigenvalue weighted by atomic mass is 10.2. The smallest absolute Gasteiger partial charge is 0.0945 e. The van der Waals surface area contributed by atoms with Gasteiger partial charge in [-0.3, -0.25) is 0 Å². The zero-order valence-corrected chi connectivity index (χ0v) is 11.5. The largest absolute Gasteiger partial charge is 1.00 e. The van der Waals surface area contributed by atoms with E-state index in [4.69, 9.17) is 11.6 Å². The Balaban J connectivity index is 0.00000162. The third kappa shape index (κ3) is 4.69. The predicted molar refractivity (Wildman–Crippen MR) is 70.0 cm³/mol. The molecule has 2 rings (SSSR count). The molecule has 0 radical (unpaired) electrons. The monoisotopic (exact) mass is 284 g/mol. The summed E-state index contributed by atoms with van der Waals surface area (Å²) in [6, 6.07) is 7.93. The molecule has 3 nitrogen and oxygen atoms in total. The van der Waals surface area contributed by atoms with E-state index in [1.165, 1.54) is 0 Å². The highest BCUT2D eigenvalue weighted by Gasteiger charge is 1.97. The standard InChI is InChI=1S/C13H16ClN3.ClH/c14-13-5-2-1-4-12(13)10-15-6-3-8-17-9-7-16-11-17;/h1-2,4-5,7,9,11,15H,3,6,8,10H2;1H/p-1. The lowest BCUT2D eigenvalue weighted by Gasteiger charge is -2.06. The molecule has 5 heteroatoms. The summed E-state index contributed by atoms with van der Waals surface area (Å²) in [7, 11) is 0. The summed E-state index contributed by atoms with van der Waals surface area (Å²) in [5.41, 5.74) is 1.15. The number of halogens is 2. The van der Waals surface area contributed by atoms with E-state index < -0.39 is 0 Å². The van der Waals surface area contributed by atoms with Crippen molar-refractivity contribution in [2.75, 3.05) is 6.54 Å². The molecular formula is C13H16Cl2N3-. The Morgan fingerprint density at radius 1 is 1.28 bits per heavy atom. The van der Waals surface area contributed by atoms with Crippen LogP contribution in [0.3, 0.4) is 0 Å². The SMILES string of the molecule is Clc1ccccc1CNCCCn1ccnc1.[Cl-]. The summed E-state index contributed by atoms with van der Waals surface area (Å²) in [4.78, 5) is 4.01. The van der Waals surface area contributed by atoms with E-state index >= 15 is 0 Å².